The molecule has 204 valence electrons. The summed E-state index contributed by atoms with van der Waals surface area (Å²) in [5, 5.41) is 5.32. The summed E-state index contributed by atoms with van der Waals surface area (Å²) in [5.41, 5.74) is 9.34. The Labute approximate surface area is 262 Å². The maximum atomic E-state index is 2.56. The van der Waals surface area contributed by atoms with Crippen LogP contribution in [0.15, 0.2) is 135 Å². The van der Waals surface area contributed by atoms with Crippen molar-refractivity contribution < 1.29 is 0 Å². The summed E-state index contributed by atoms with van der Waals surface area (Å²) in [6.07, 6.45) is 0. The Morgan fingerprint density at radius 3 is 2.05 bits per heavy atom. The lowest BCUT2D eigenvalue weighted by atomic mass is 9.82. The van der Waals surface area contributed by atoms with Crippen molar-refractivity contribution in [3.63, 3.8) is 0 Å². The van der Waals surface area contributed by atoms with Gasteiger partial charge in [0.1, 0.15) is 0 Å². The molecule has 0 saturated heterocycles. The second-order valence-electron chi connectivity index (χ2n) is 12.1. The summed E-state index contributed by atoms with van der Waals surface area (Å²) < 4.78 is 5.24. The molecule has 1 aliphatic heterocycles. The zero-order valence-electron chi connectivity index (χ0n) is 23.6. The predicted molar refractivity (Wildman–Crippen MR) is 186 cm³/mol. The molecule has 0 saturated carbocycles. The van der Waals surface area contributed by atoms with Gasteiger partial charge in [-0.2, -0.15) is 0 Å². The van der Waals surface area contributed by atoms with E-state index in [2.05, 4.69) is 134 Å². The van der Waals surface area contributed by atoms with Crippen molar-refractivity contribution in [3.8, 4) is 16.8 Å². The average Bonchev–Trinajstić information content (AvgIpc) is 3.64. The van der Waals surface area contributed by atoms with Crippen LogP contribution in [-0.2, 0) is 5.41 Å². The lowest BCUT2D eigenvalue weighted by Crippen LogP contribution is -2.14. The average molecular weight is 604 g/mol. The summed E-state index contributed by atoms with van der Waals surface area (Å²) in [6.45, 7) is 4.76. The van der Waals surface area contributed by atoms with Gasteiger partial charge < -0.3 is 4.57 Å². The zero-order valence-corrected chi connectivity index (χ0v) is 26.1. The second kappa shape index (κ2) is 8.57. The quantitative estimate of drug-likeness (QED) is 0.184. The van der Waals surface area contributed by atoms with Gasteiger partial charge in [-0.15, -0.1) is 11.3 Å². The third-order valence-corrected chi connectivity index (χ3v) is 13.2. The van der Waals surface area contributed by atoms with Crippen molar-refractivity contribution in [1.82, 2.24) is 4.57 Å². The van der Waals surface area contributed by atoms with Crippen LogP contribution in [0.4, 0.5) is 0 Å². The molecule has 0 fully saturated rings. The lowest BCUT2D eigenvalue weighted by molar-refractivity contribution is 0.661. The van der Waals surface area contributed by atoms with E-state index in [1.54, 1.807) is 0 Å². The van der Waals surface area contributed by atoms with Crippen LogP contribution in [0.25, 0.3) is 58.8 Å². The topological polar surface area (TPSA) is 4.93 Å². The standard InChI is InChI=1S/C39H25NS3/c1-39(2)28-13-5-3-10-22(28)25-18-26-27-19-36-37(42-35-17-8-7-16-34(35)41-36)21-32(27)40(31(26)20-29(25)39)30-14-9-12-24-23-11-4-6-15-33(23)43-38(24)30/h3-21H,1-2H3. The van der Waals surface area contributed by atoms with Crippen molar-refractivity contribution in [2.24, 2.45) is 0 Å². The second-order valence-corrected chi connectivity index (χ2v) is 15.4. The fraction of sp³-hybridized carbons (Fsp3) is 0.0769. The van der Waals surface area contributed by atoms with Gasteiger partial charge in [-0.25, -0.2) is 0 Å². The fourth-order valence-electron chi connectivity index (χ4n) is 7.40. The normalized spacial score (nSPS) is 14.7. The van der Waals surface area contributed by atoms with E-state index >= 15 is 0 Å². The maximum Gasteiger partial charge on any atom is 0.0640 e. The fourth-order valence-corrected chi connectivity index (χ4v) is 10.9. The highest BCUT2D eigenvalue weighted by atomic mass is 32.2. The van der Waals surface area contributed by atoms with Crippen molar-refractivity contribution in [2.75, 3.05) is 0 Å². The van der Waals surface area contributed by atoms with Gasteiger partial charge in [0, 0.05) is 51.2 Å². The number of hydrogen-bond acceptors (Lipinski definition) is 3. The summed E-state index contributed by atoms with van der Waals surface area (Å²) >= 11 is 5.71. The minimum atomic E-state index is -0.0579. The molecule has 10 rings (SSSR count). The molecule has 43 heavy (non-hydrogen) atoms. The van der Waals surface area contributed by atoms with Gasteiger partial charge in [-0.05, 0) is 70.8 Å². The lowest BCUT2D eigenvalue weighted by Gasteiger charge is -2.21. The Morgan fingerprint density at radius 2 is 1.19 bits per heavy atom. The van der Waals surface area contributed by atoms with Gasteiger partial charge in [0.05, 0.1) is 21.4 Å². The van der Waals surface area contributed by atoms with Crippen LogP contribution >= 0.6 is 34.9 Å². The number of fused-ring (bicyclic) bond motifs is 11. The number of benzene rings is 6. The molecular formula is C39H25NS3. The molecule has 1 aliphatic carbocycles. The van der Waals surface area contributed by atoms with E-state index in [0.717, 1.165) is 0 Å². The highest BCUT2D eigenvalue weighted by Crippen LogP contribution is 2.54. The Balaban J connectivity index is 1.34. The van der Waals surface area contributed by atoms with Gasteiger partial charge in [0.15, 0.2) is 0 Å². The third-order valence-electron chi connectivity index (χ3n) is 9.45. The van der Waals surface area contributed by atoms with E-state index in [1.807, 2.05) is 34.9 Å². The van der Waals surface area contributed by atoms with E-state index < -0.39 is 0 Å². The molecule has 0 N–H and O–H groups in total. The summed E-state index contributed by atoms with van der Waals surface area (Å²) in [5.74, 6) is 0. The van der Waals surface area contributed by atoms with Crippen molar-refractivity contribution in [1.29, 1.82) is 0 Å². The molecule has 8 aromatic rings. The largest absolute Gasteiger partial charge is 0.308 e. The van der Waals surface area contributed by atoms with Gasteiger partial charge >= 0.3 is 0 Å². The van der Waals surface area contributed by atoms with Crippen LogP contribution in [0.2, 0.25) is 0 Å². The van der Waals surface area contributed by atoms with Crippen molar-refractivity contribution in [3.05, 3.63) is 126 Å². The van der Waals surface area contributed by atoms with Gasteiger partial charge in [-0.3, -0.25) is 0 Å². The van der Waals surface area contributed by atoms with Crippen LogP contribution in [0, 0.1) is 0 Å². The molecule has 0 radical (unpaired) electrons. The van der Waals surface area contributed by atoms with E-state index in [1.165, 1.54) is 89.5 Å². The van der Waals surface area contributed by atoms with Gasteiger partial charge in [-0.1, -0.05) is 104 Å². The molecule has 1 nitrogen and oxygen atoms in total. The first-order valence-electron chi connectivity index (χ1n) is 14.7. The molecule has 0 atom stereocenters. The highest BCUT2D eigenvalue weighted by Gasteiger charge is 2.36. The zero-order chi connectivity index (χ0) is 28.4. The van der Waals surface area contributed by atoms with E-state index in [-0.39, 0.29) is 5.41 Å². The molecule has 0 amide bonds. The summed E-state index contributed by atoms with van der Waals surface area (Å²) in [6, 6.07) is 43.3. The first kappa shape index (κ1) is 24.5. The smallest absolute Gasteiger partial charge is 0.0640 e. The van der Waals surface area contributed by atoms with Crippen LogP contribution in [0.1, 0.15) is 25.0 Å². The molecule has 6 aromatic carbocycles. The van der Waals surface area contributed by atoms with Crippen molar-refractivity contribution in [2.45, 2.75) is 38.8 Å². The first-order valence-corrected chi connectivity index (χ1v) is 17.1. The molecule has 3 heterocycles. The minimum absolute atomic E-state index is 0.0579. The van der Waals surface area contributed by atoms with E-state index in [4.69, 9.17) is 0 Å². The number of thiophene rings is 1. The molecule has 4 heteroatoms. The number of hydrogen-bond donors (Lipinski definition) is 0. The van der Waals surface area contributed by atoms with Gasteiger partial charge in [0.2, 0.25) is 0 Å². The Bertz CT molecular complexity index is 2490. The molecular weight excluding hydrogens is 579 g/mol. The van der Waals surface area contributed by atoms with Crippen LogP contribution < -0.4 is 0 Å². The SMILES string of the molecule is CC1(C)c2ccccc2-c2cc3c4cc5c(cc4n(-c4cccc6c4sc4ccccc46)c3cc21)Sc1ccccc1S5. The first-order chi connectivity index (χ1) is 21.1. The predicted octanol–water partition coefficient (Wildman–Crippen LogP) is 12.1. The highest BCUT2D eigenvalue weighted by molar-refractivity contribution is 8.05. The number of rotatable bonds is 1. The molecule has 0 bridgehead atoms. The van der Waals surface area contributed by atoms with E-state index in [0.29, 0.717) is 0 Å². The van der Waals surface area contributed by atoms with E-state index in [9.17, 15) is 0 Å². The third kappa shape index (κ3) is 3.26. The Morgan fingerprint density at radius 1 is 0.512 bits per heavy atom. The molecule has 0 unspecified atom stereocenters. The summed E-state index contributed by atoms with van der Waals surface area (Å²) in [7, 11) is 0. The van der Waals surface area contributed by atoms with Gasteiger partial charge in [0.25, 0.3) is 0 Å². The summed E-state index contributed by atoms with van der Waals surface area (Å²) in [4.78, 5) is 5.36. The minimum Gasteiger partial charge on any atom is -0.308 e. The number of aromatic nitrogens is 1. The van der Waals surface area contributed by atoms with Crippen LogP contribution in [0.5, 0.6) is 0 Å². The number of nitrogens with zero attached hydrogens (tertiary/aromatic N) is 1. The molecule has 2 aromatic heterocycles. The Kier molecular flexibility index (Phi) is 4.88. The van der Waals surface area contributed by atoms with Crippen molar-refractivity contribution >= 4 is 76.8 Å². The monoisotopic (exact) mass is 603 g/mol. The Hall–Kier alpha value is -3.96. The maximum absolute atomic E-state index is 2.56. The molecule has 0 spiro atoms. The molecule has 2 aliphatic rings. The van der Waals surface area contributed by atoms with Crippen LogP contribution in [-0.4, -0.2) is 4.57 Å². The van der Waals surface area contributed by atoms with Crippen LogP contribution in [0.3, 0.4) is 0 Å².